The van der Waals surface area contributed by atoms with E-state index in [1.165, 1.54) is 5.56 Å². The van der Waals surface area contributed by atoms with Crippen LogP contribution in [-0.2, 0) is 16.7 Å². The van der Waals surface area contributed by atoms with Crippen molar-refractivity contribution in [3.8, 4) is 5.75 Å². The standard InChI is InChI=1S/C24H26NO2/c1-26-22-13-7-6-12-21(22)24(14-8-3-9-15-24)23-19-25(16-17-27-23)18-20-10-4-2-5-11-20/h2-15,23H,16-19H2,1H3. The lowest BCUT2D eigenvalue weighted by atomic mass is 9.70. The third-order valence-electron chi connectivity index (χ3n) is 5.47. The van der Waals surface area contributed by atoms with E-state index >= 15 is 0 Å². The Kier molecular flexibility index (Phi) is 5.42. The highest BCUT2D eigenvalue weighted by molar-refractivity contribution is 5.50. The summed E-state index contributed by atoms with van der Waals surface area (Å²) in [5, 5.41) is 0. The quantitative estimate of drug-likeness (QED) is 0.799. The summed E-state index contributed by atoms with van der Waals surface area (Å²) in [6, 6.07) is 18.9. The van der Waals surface area contributed by atoms with Gasteiger partial charge in [-0.1, -0.05) is 72.8 Å². The Balaban J connectivity index is 1.63. The Morgan fingerprint density at radius 3 is 2.63 bits per heavy atom. The number of para-hydroxylation sites is 1. The Labute approximate surface area is 161 Å². The van der Waals surface area contributed by atoms with E-state index in [-0.39, 0.29) is 11.5 Å². The molecule has 1 heterocycles. The molecule has 2 aromatic rings. The van der Waals surface area contributed by atoms with Crippen molar-refractivity contribution < 1.29 is 9.47 Å². The normalized spacial score (nSPS) is 25.4. The maximum atomic E-state index is 6.33. The number of methoxy groups -OCH3 is 1. The van der Waals surface area contributed by atoms with Gasteiger partial charge in [0, 0.05) is 31.6 Å². The summed E-state index contributed by atoms with van der Waals surface area (Å²) >= 11 is 0. The molecule has 3 heteroatoms. The van der Waals surface area contributed by atoms with Crippen molar-refractivity contribution in [3.63, 3.8) is 0 Å². The summed E-state index contributed by atoms with van der Waals surface area (Å²) in [6.07, 6.45) is 10.8. The van der Waals surface area contributed by atoms with Crippen LogP contribution >= 0.6 is 0 Å². The molecule has 0 saturated carbocycles. The highest BCUT2D eigenvalue weighted by Crippen LogP contribution is 2.42. The van der Waals surface area contributed by atoms with Gasteiger partial charge in [-0.25, -0.2) is 0 Å². The summed E-state index contributed by atoms with van der Waals surface area (Å²) in [5.74, 6) is 0.900. The molecule has 3 nitrogen and oxygen atoms in total. The Morgan fingerprint density at radius 1 is 1.04 bits per heavy atom. The van der Waals surface area contributed by atoms with Crippen LogP contribution in [0.4, 0.5) is 0 Å². The molecule has 1 aliphatic heterocycles. The zero-order valence-corrected chi connectivity index (χ0v) is 15.8. The number of morpholine rings is 1. The molecule has 2 aliphatic rings. The van der Waals surface area contributed by atoms with E-state index in [1.54, 1.807) is 7.11 Å². The van der Waals surface area contributed by atoms with Gasteiger partial charge in [-0.3, -0.25) is 4.90 Å². The van der Waals surface area contributed by atoms with Gasteiger partial charge in [0.2, 0.25) is 0 Å². The van der Waals surface area contributed by atoms with Crippen molar-refractivity contribution in [2.45, 2.75) is 18.1 Å². The van der Waals surface area contributed by atoms with Gasteiger partial charge in [0.1, 0.15) is 5.75 Å². The average Bonchev–Trinajstić information content (AvgIpc) is 2.75. The summed E-state index contributed by atoms with van der Waals surface area (Å²) in [5.41, 5.74) is 2.17. The van der Waals surface area contributed by atoms with Crippen LogP contribution in [0.2, 0.25) is 0 Å². The molecule has 27 heavy (non-hydrogen) atoms. The third-order valence-corrected chi connectivity index (χ3v) is 5.47. The van der Waals surface area contributed by atoms with E-state index in [0.717, 1.165) is 37.6 Å². The molecule has 1 radical (unpaired) electrons. The first-order valence-electron chi connectivity index (χ1n) is 9.53. The minimum absolute atomic E-state index is 0.0347. The van der Waals surface area contributed by atoms with Crippen LogP contribution < -0.4 is 4.74 Å². The molecule has 0 spiro atoms. The van der Waals surface area contributed by atoms with Crippen LogP contribution in [0.25, 0.3) is 0 Å². The summed E-state index contributed by atoms with van der Waals surface area (Å²) < 4.78 is 12.0. The number of nitrogens with zero attached hydrogens (tertiary/aromatic N) is 1. The van der Waals surface area contributed by atoms with Gasteiger partial charge >= 0.3 is 0 Å². The van der Waals surface area contributed by atoms with Crippen LogP contribution in [-0.4, -0.2) is 37.8 Å². The minimum Gasteiger partial charge on any atom is -0.496 e. The fourth-order valence-electron chi connectivity index (χ4n) is 4.10. The second-order valence-corrected chi connectivity index (χ2v) is 7.12. The maximum absolute atomic E-state index is 6.33. The van der Waals surface area contributed by atoms with E-state index in [0.29, 0.717) is 0 Å². The molecule has 0 bridgehead atoms. The fraction of sp³-hybridized carbons (Fsp3) is 0.292. The van der Waals surface area contributed by atoms with E-state index < -0.39 is 0 Å². The molecule has 1 saturated heterocycles. The summed E-state index contributed by atoms with van der Waals surface area (Å²) in [7, 11) is 1.73. The molecular formula is C24H26NO2. The number of ether oxygens (including phenoxy) is 2. The molecule has 2 atom stereocenters. The molecular weight excluding hydrogens is 334 g/mol. The van der Waals surface area contributed by atoms with Crippen molar-refractivity contribution in [3.05, 3.63) is 96.4 Å². The highest BCUT2D eigenvalue weighted by atomic mass is 16.5. The lowest BCUT2D eigenvalue weighted by Gasteiger charge is -2.44. The minimum atomic E-state index is -0.323. The van der Waals surface area contributed by atoms with E-state index in [2.05, 4.69) is 78.1 Å². The van der Waals surface area contributed by atoms with Gasteiger partial charge in [-0.05, 0) is 11.6 Å². The molecule has 1 aliphatic carbocycles. The lowest BCUT2D eigenvalue weighted by molar-refractivity contribution is -0.0544. The van der Waals surface area contributed by atoms with Gasteiger partial charge < -0.3 is 9.47 Å². The van der Waals surface area contributed by atoms with Crippen molar-refractivity contribution in [1.82, 2.24) is 4.90 Å². The second kappa shape index (κ2) is 8.12. The Bertz CT molecular complexity index is 814. The zero-order chi connectivity index (χ0) is 18.5. The summed E-state index contributed by atoms with van der Waals surface area (Å²) in [4.78, 5) is 2.49. The fourth-order valence-corrected chi connectivity index (χ4v) is 4.10. The smallest absolute Gasteiger partial charge is 0.123 e. The molecule has 4 rings (SSSR count). The van der Waals surface area contributed by atoms with Crippen molar-refractivity contribution >= 4 is 0 Å². The van der Waals surface area contributed by atoms with Gasteiger partial charge in [-0.2, -0.15) is 0 Å². The molecule has 0 aromatic heterocycles. The zero-order valence-electron chi connectivity index (χ0n) is 15.8. The first-order valence-corrected chi connectivity index (χ1v) is 9.53. The molecule has 2 aromatic carbocycles. The van der Waals surface area contributed by atoms with Crippen molar-refractivity contribution in [2.75, 3.05) is 26.8 Å². The monoisotopic (exact) mass is 360 g/mol. The van der Waals surface area contributed by atoms with Gasteiger partial charge in [-0.15, -0.1) is 0 Å². The van der Waals surface area contributed by atoms with E-state index in [1.807, 2.05) is 12.1 Å². The van der Waals surface area contributed by atoms with Crippen LogP contribution in [0.5, 0.6) is 5.75 Å². The van der Waals surface area contributed by atoms with E-state index in [4.69, 9.17) is 9.47 Å². The SMILES string of the molecule is COc1ccccc1C1(C2CN(Cc3ccccc3)CCO2)[CH]C=CC=C1. The Morgan fingerprint density at radius 2 is 1.85 bits per heavy atom. The molecule has 0 amide bonds. The van der Waals surface area contributed by atoms with Gasteiger partial charge in [0.25, 0.3) is 0 Å². The van der Waals surface area contributed by atoms with Crippen LogP contribution in [0.1, 0.15) is 11.1 Å². The number of allylic oxidation sites excluding steroid dienone is 3. The number of hydrogen-bond acceptors (Lipinski definition) is 3. The summed E-state index contributed by atoms with van der Waals surface area (Å²) in [6.45, 7) is 3.51. The van der Waals surface area contributed by atoms with E-state index in [9.17, 15) is 0 Å². The van der Waals surface area contributed by atoms with Crippen LogP contribution in [0, 0.1) is 6.42 Å². The first-order chi connectivity index (χ1) is 13.3. The molecule has 1 fully saturated rings. The van der Waals surface area contributed by atoms with Gasteiger partial charge in [0.15, 0.2) is 0 Å². The molecule has 2 unspecified atom stereocenters. The first kappa shape index (κ1) is 18.0. The van der Waals surface area contributed by atoms with Crippen LogP contribution in [0.3, 0.4) is 0 Å². The average molecular weight is 360 g/mol. The predicted molar refractivity (Wildman–Crippen MR) is 109 cm³/mol. The van der Waals surface area contributed by atoms with Gasteiger partial charge in [0.05, 0.1) is 25.2 Å². The third kappa shape index (κ3) is 3.71. The predicted octanol–water partition coefficient (Wildman–Crippen LogP) is 4.16. The van der Waals surface area contributed by atoms with Crippen molar-refractivity contribution in [2.24, 2.45) is 0 Å². The molecule has 0 N–H and O–H groups in total. The lowest BCUT2D eigenvalue weighted by Crippen LogP contribution is -2.52. The maximum Gasteiger partial charge on any atom is 0.123 e. The second-order valence-electron chi connectivity index (χ2n) is 7.12. The van der Waals surface area contributed by atoms with Crippen LogP contribution in [0.15, 0.2) is 78.9 Å². The highest BCUT2D eigenvalue weighted by Gasteiger charge is 2.43. The topological polar surface area (TPSA) is 21.7 Å². The van der Waals surface area contributed by atoms with Crippen molar-refractivity contribution in [1.29, 1.82) is 0 Å². The largest absolute Gasteiger partial charge is 0.496 e. The number of rotatable bonds is 5. The molecule has 139 valence electrons. The Hall–Kier alpha value is -2.36. The number of hydrogen-bond donors (Lipinski definition) is 0. The number of benzene rings is 2.